The minimum atomic E-state index is -4.81. The summed E-state index contributed by atoms with van der Waals surface area (Å²) in [5, 5.41) is 19.5. The van der Waals surface area contributed by atoms with Gasteiger partial charge >= 0.3 is 24.4 Å². The van der Waals surface area contributed by atoms with Crippen molar-refractivity contribution in [3.05, 3.63) is 93.0 Å². The van der Waals surface area contributed by atoms with Gasteiger partial charge in [0.15, 0.2) is 11.5 Å². The molecule has 1 saturated heterocycles. The molecule has 394 valence electrons. The molecule has 2 N–H and O–H groups in total. The van der Waals surface area contributed by atoms with Gasteiger partial charge in [0.1, 0.15) is 34.3 Å². The van der Waals surface area contributed by atoms with Gasteiger partial charge in [0, 0.05) is 72.1 Å². The van der Waals surface area contributed by atoms with Crippen LogP contribution in [0.2, 0.25) is 5.02 Å². The first-order valence-corrected chi connectivity index (χ1v) is 25.3. The fraction of sp³-hybridized carbons (Fsp3) is 0.447. The maximum atomic E-state index is 14.3. The Morgan fingerprint density at radius 1 is 1.03 bits per heavy atom. The fourth-order valence-electron chi connectivity index (χ4n) is 8.56. The number of piperidine rings is 1. The summed E-state index contributed by atoms with van der Waals surface area (Å²) in [6.45, 7) is 4.75. The molecular weight excluding hydrogens is 1050 g/mol. The summed E-state index contributed by atoms with van der Waals surface area (Å²) in [6, 6.07) is 6.86. The summed E-state index contributed by atoms with van der Waals surface area (Å²) in [4.78, 5) is 43.5. The van der Waals surface area contributed by atoms with Gasteiger partial charge in [-0.3, -0.25) is 23.2 Å². The van der Waals surface area contributed by atoms with Crippen LogP contribution in [0.3, 0.4) is 0 Å². The molecule has 2 aliphatic rings. The number of hydrogen-bond acceptors (Lipinski definition) is 8. The number of rotatable bonds is 12. The molecule has 1 aliphatic heterocycles. The quantitative estimate of drug-likeness (QED) is 0.0537. The number of aryl methyl sites for hydroxylation is 1. The van der Waals surface area contributed by atoms with E-state index in [1.54, 1.807) is 13.8 Å². The second kappa shape index (κ2) is 21.9. The van der Waals surface area contributed by atoms with E-state index in [0.29, 0.717) is 17.2 Å². The van der Waals surface area contributed by atoms with Gasteiger partial charge in [-0.25, -0.2) is 22.9 Å². The second-order valence-corrected chi connectivity index (χ2v) is 20.7. The van der Waals surface area contributed by atoms with E-state index in [1.807, 2.05) is 0 Å². The van der Waals surface area contributed by atoms with E-state index >= 15 is 0 Å². The van der Waals surface area contributed by atoms with E-state index in [0.717, 1.165) is 33.1 Å². The lowest BCUT2D eigenvalue weighted by Gasteiger charge is -2.33. The summed E-state index contributed by atoms with van der Waals surface area (Å²) in [6.07, 6.45) is -6.57. The molecule has 0 radical (unpaired) electrons. The number of carbonyl (C=O) groups excluding carboxylic acids is 2. The van der Waals surface area contributed by atoms with E-state index in [2.05, 4.69) is 32.3 Å². The van der Waals surface area contributed by atoms with Crippen molar-refractivity contribution >= 4 is 69.5 Å². The molecule has 4 heterocycles. The number of fused-ring (bicyclic) bond motifs is 2. The number of urea groups is 1. The van der Waals surface area contributed by atoms with Gasteiger partial charge in [0.2, 0.25) is 6.41 Å². The number of alkyl halides is 8. The molecule has 73 heavy (non-hydrogen) atoms. The molecule has 7 rings (SSSR count). The average Bonchev–Trinajstić information content (AvgIpc) is 3.95. The molecule has 0 spiro atoms. The minimum absolute atomic E-state index is 0.000718. The Bertz CT molecular complexity index is 2980. The van der Waals surface area contributed by atoms with Crippen LogP contribution in [0.1, 0.15) is 92.8 Å². The fourth-order valence-corrected chi connectivity index (χ4v) is 9.57. The van der Waals surface area contributed by atoms with Gasteiger partial charge in [0.25, 0.3) is 5.92 Å². The van der Waals surface area contributed by atoms with Crippen LogP contribution in [0, 0.1) is 29.4 Å². The van der Waals surface area contributed by atoms with Crippen molar-refractivity contribution in [3.63, 3.8) is 0 Å². The second-order valence-electron chi connectivity index (χ2n) is 17.7. The molecule has 1 fully saturated rings. The van der Waals surface area contributed by atoms with Crippen LogP contribution in [-0.2, 0) is 52.0 Å². The Morgan fingerprint density at radius 3 is 2.21 bits per heavy atom. The van der Waals surface area contributed by atoms with E-state index in [4.69, 9.17) is 11.6 Å². The Hall–Kier alpha value is -5.87. The summed E-state index contributed by atoms with van der Waals surface area (Å²) in [5.41, 5.74) is -1.65. The molecule has 2 unspecified atom stereocenters. The highest BCUT2D eigenvalue weighted by Gasteiger charge is 2.53. The maximum Gasteiger partial charge on any atom is 0.435 e. The summed E-state index contributed by atoms with van der Waals surface area (Å²) in [5.74, 6) is -1.87. The number of anilines is 1. The standard InChI is InChI=1S/C37H36ClF5N6O5S2.C10H11F5N2/c1-36(2,56(4)54)12-9-25-5-6-26(31(45-25)29(44-20-50)17-21-15-23(39)18-24(40)16-21)27-7-8-28(38)30-32(27)48(19-37(41,42)43)46-33(30)49(55-3)35(53)47-13-10-22(11-14-47)34(51)52;1-3-17-8-6(5(2)4-9(8,11)12)7(16-17)10(13,14)15/h5-8,15-16,18,20,22,29H,10-11,13-14,17,19H2,1-4H3,(H,44,50)(H,51,52);5H,3-4H2,1-2H3/t;5-/m.0/s1. The first-order valence-electron chi connectivity index (χ1n) is 22.2. The van der Waals surface area contributed by atoms with Crippen LogP contribution in [0.5, 0.6) is 0 Å². The number of likely N-dealkylation sites (tertiary alicyclic amines) is 1. The van der Waals surface area contributed by atoms with Crippen molar-refractivity contribution in [2.24, 2.45) is 5.92 Å². The van der Waals surface area contributed by atoms with E-state index in [1.165, 1.54) is 55.5 Å². The van der Waals surface area contributed by atoms with Crippen molar-refractivity contribution in [2.45, 2.75) is 101 Å². The zero-order valence-corrected chi connectivity index (χ0v) is 42.1. The molecule has 26 heteroatoms. The van der Waals surface area contributed by atoms with Crippen LogP contribution in [0.15, 0.2) is 42.5 Å². The number of nitrogens with zero attached hydrogens (tertiary/aromatic N) is 7. The topological polar surface area (TPSA) is 156 Å². The summed E-state index contributed by atoms with van der Waals surface area (Å²) in [7, 11) is -1.37. The third-order valence-corrected chi connectivity index (χ3v) is 14.7. The molecule has 3 aromatic heterocycles. The number of halogens is 11. The van der Waals surface area contributed by atoms with Gasteiger partial charge in [-0.1, -0.05) is 30.5 Å². The van der Waals surface area contributed by atoms with Crippen molar-refractivity contribution in [3.8, 4) is 23.0 Å². The van der Waals surface area contributed by atoms with Crippen LogP contribution < -0.4 is 9.62 Å². The third kappa shape index (κ3) is 12.6. The van der Waals surface area contributed by atoms with Crippen LogP contribution in [0.25, 0.3) is 22.0 Å². The molecule has 0 bridgehead atoms. The van der Waals surface area contributed by atoms with Gasteiger partial charge in [-0.05, 0) is 99.7 Å². The number of hydrogen-bond donors (Lipinski definition) is 2. The third-order valence-electron chi connectivity index (χ3n) is 12.2. The number of amides is 3. The lowest BCUT2D eigenvalue weighted by molar-refractivity contribution is -0.143. The van der Waals surface area contributed by atoms with E-state index < -0.39 is 99.7 Å². The van der Waals surface area contributed by atoms with Crippen molar-refractivity contribution in [1.29, 1.82) is 0 Å². The molecule has 3 amide bonds. The monoisotopic (exact) mass is 1090 g/mol. The van der Waals surface area contributed by atoms with Crippen molar-refractivity contribution in [2.75, 3.05) is 29.9 Å². The van der Waals surface area contributed by atoms with Gasteiger partial charge in [0.05, 0.1) is 33.6 Å². The molecule has 1 aliphatic carbocycles. The van der Waals surface area contributed by atoms with Gasteiger partial charge in [-0.15, -0.1) is 0 Å². The zero-order chi connectivity index (χ0) is 54.1. The first-order chi connectivity index (χ1) is 34.0. The number of aromatic nitrogens is 5. The van der Waals surface area contributed by atoms with Crippen LogP contribution in [0.4, 0.5) is 54.5 Å². The number of pyridine rings is 1. The van der Waals surface area contributed by atoms with Gasteiger partial charge < -0.3 is 15.3 Å². The predicted molar refractivity (Wildman–Crippen MR) is 254 cm³/mol. The zero-order valence-electron chi connectivity index (χ0n) is 39.7. The Labute approximate surface area is 423 Å². The predicted octanol–water partition coefficient (Wildman–Crippen LogP) is 10.7. The summed E-state index contributed by atoms with van der Waals surface area (Å²) >= 11 is 7.59. The number of carbonyl (C=O) groups is 3. The van der Waals surface area contributed by atoms with Crippen molar-refractivity contribution < 1.29 is 67.6 Å². The Balaban J connectivity index is 0.000000429. The first kappa shape index (κ1) is 56.4. The molecule has 13 nitrogen and oxygen atoms in total. The van der Waals surface area contributed by atoms with Gasteiger partial charge in [-0.2, -0.15) is 45.3 Å². The average molecular weight is 1090 g/mol. The number of carboxylic acids is 1. The molecule has 3 atom stereocenters. The number of aliphatic carboxylic acids is 1. The highest BCUT2D eigenvalue weighted by atomic mass is 35.5. The van der Waals surface area contributed by atoms with E-state index in [-0.39, 0.29) is 94.3 Å². The molecule has 5 aromatic rings. The SMILES string of the molecule is CCn1nc(C(F)(F)F)c2c1C(F)(F)C[C@@H]2C.CSN(C(=O)N1CCC(C(=O)O)CC1)c1nn(CC(F)(F)F)c2c(-c3ccc(C#CC(C)(C)S(C)=O)nc3C(Cc3cc(F)cc(F)c3)NC=O)ccc(Cl)c12. The lowest BCUT2D eigenvalue weighted by atomic mass is 9.94. The highest BCUT2D eigenvalue weighted by molar-refractivity contribution is 8.00. The molecular formula is C47H47ClF10N8O5S2. The number of nitrogens with one attached hydrogen (secondary N) is 1. The van der Waals surface area contributed by atoms with E-state index in [9.17, 15) is 67.6 Å². The Kier molecular flexibility index (Phi) is 16.9. The number of carboxylic acid groups (broad SMARTS) is 1. The van der Waals surface area contributed by atoms with Crippen LogP contribution in [-0.4, -0.2) is 93.7 Å². The smallest absolute Gasteiger partial charge is 0.435 e. The van der Waals surface area contributed by atoms with Crippen molar-refractivity contribution in [1.82, 2.24) is 34.8 Å². The lowest BCUT2D eigenvalue weighted by Crippen LogP contribution is -2.45. The largest absolute Gasteiger partial charge is 0.481 e. The molecule has 0 saturated carbocycles. The summed E-state index contributed by atoms with van der Waals surface area (Å²) < 4.78 is 151. The number of benzene rings is 2. The highest BCUT2D eigenvalue weighted by Crippen LogP contribution is 2.52. The normalized spacial score (nSPS) is 16.7. The van der Waals surface area contributed by atoms with Crippen LogP contribution >= 0.6 is 23.5 Å². The maximum absolute atomic E-state index is 14.3. The Morgan fingerprint density at radius 2 is 1.66 bits per heavy atom. The molecule has 2 aromatic carbocycles. The minimum Gasteiger partial charge on any atom is -0.481 e.